The number of anilines is 2. The second-order valence-electron chi connectivity index (χ2n) is 5.90. The Morgan fingerprint density at radius 1 is 1.12 bits per heavy atom. The monoisotopic (exact) mass is 380 g/mol. The summed E-state index contributed by atoms with van der Waals surface area (Å²) in [4.78, 5) is 0.170. The van der Waals surface area contributed by atoms with Gasteiger partial charge in [0.25, 0.3) is 10.0 Å². The molecule has 1 aliphatic heterocycles. The Kier molecular flexibility index (Phi) is 4.75. The second-order valence-corrected chi connectivity index (χ2v) is 9.59. The smallest absolute Gasteiger partial charge is 0.261 e. The van der Waals surface area contributed by atoms with Gasteiger partial charge in [-0.25, -0.2) is 16.8 Å². The summed E-state index contributed by atoms with van der Waals surface area (Å²) in [5.74, 6) is 0.118. The van der Waals surface area contributed by atoms with E-state index in [-0.39, 0.29) is 10.6 Å². The van der Waals surface area contributed by atoms with E-state index in [1.165, 1.54) is 4.31 Å². The third kappa shape index (κ3) is 3.80. The van der Waals surface area contributed by atoms with Gasteiger partial charge in [0, 0.05) is 6.54 Å². The van der Waals surface area contributed by atoms with Gasteiger partial charge in [-0.05, 0) is 48.7 Å². The first-order valence-electron chi connectivity index (χ1n) is 8.04. The molecule has 0 unspecified atom stereocenters. The molecule has 1 N–H and O–H groups in total. The fourth-order valence-corrected chi connectivity index (χ4v) is 5.38. The van der Waals surface area contributed by atoms with Gasteiger partial charge in [0.15, 0.2) is 0 Å². The molecule has 0 aliphatic carbocycles. The molecular formula is C17H20N2O4S2. The Balaban J connectivity index is 1.86. The largest absolute Gasteiger partial charge is 0.280 e. The van der Waals surface area contributed by atoms with Crippen LogP contribution in [0.1, 0.15) is 18.9 Å². The standard InChI is InChI=1S/C17H20N2O4S2/c1-2-14-7-9-17(10-8-14)25(22,23)18-15-5-3-6-16(13-15)19-11-4-12-24(19,20)21/h3,5-10,13,18H,2,4,11-12H2,1H3. The number of hydrogen-bond donors (Lipinski definition) is 1. The molecule has 6 nitrogen and oxygen atoms in total. The molecule has 1 fully saturated rings. The van der Waals surface area contributed by atoms with Crippen LogP contribution in [0.4, 0.5) is 11.4 Å². The van der Waals surface area contributed by atoms with Crippen LogP contribution in [0.2, 0.25) is 0 Å². The molecule has 25 heavy (non-hydrogen) atoms. The first kappa shape index (κ1) is 17.8. The fourth-order valence-electron chi connectivity index (χ4n) is 2.77. The van der Waals surface area contributed by atoms with Gasteiger partial charge < -0.3 is 0 Å². The number of nitrogens with zero attached hydrogens (tertiary/aromatic N) is 1. The molecular weight excluding hydrogens is 360 g/mol. The summed E-state index contributed by atoms with van der Waals surface area (Å²) in [6, 6.07) is 13.1. The lowest BCUT2D eigenvalue weighted by Gasteiger charge is -2.18. The average molecular weight is 380 g/mol. The van der Waals surface area contributed by atoms with Gasteiger partial charge in [-0.2, -0.15) is 0 Å². The van der Waals surface area contributed by atoms with Gasteiger partial charge >= 0.3 is 0 Å². The van der Waals surface area contributed by atoms with Crippen molar-refractivity contribution in [2.75, 3.05) is 21.3 Å². The van der Waals surface area contributed by atoms with E-state index in [4.69, 9.17) is 0 Å². The van der Waals surface area contributed by atoms with E-state index in [1.807, 2.05) is 6.92 Å². The number of benzene rings is 2. The zero-order valence-corrected chi connectivity index (χ0v) is 15.5. The molecule has 1 saturated heterocycles. The van der Waals surface area contributed by atoms with E-state index in [1.54, 1.807) is 48.5 Å². The molecule has 0 bridgehead atoms. The molecule has 2 aromatic carbocycles. The average Bonchev–Trinajstić information content (AvgIpc) is 2.94. The normalized spacial score (nSPS) is 16.8. The molecule has 0 saturated carbocycles. The Morgan fingerprint density at radius 2 is 1.84 bits per heavy atom. The Hall–Kier alpha value is -2.06. The van der Waals surface area contributed by atoms with Crippen LogP contribution in [0.5, 0.6) is 0 Å². The van der Waals surface area contributed by atoms with Crippen LogP contribution in [-0.4, -0.2) is 29.1 Å². The third-order valence-electron chi connectivity index (χ3n) is 4.13. The minimum atomic E-state index is -3.73. The van der Waals surface area contributed by atoms with Gasteiger partial charge in [0.1, 0.15) is 0 Å². The van der Waals surface area contributed by atoms with Crippen molar-refractivity contribution >= 4 is 31.4 Å². The van der Waals surface area contributed by atoms with Gasteiger partial charge in [-0.15, -0.1) is 0 Å². The maximum Gasteiger partial charge on any atom is 0.261 e. The van der Waals surface area contributed by atoms with E-state index < -0.39 is 20.0 Å². The third-order valence-corrected chi connectivity index (χ3v) is 7.39. The van der Waals surface area contributed by atoms with Crippen molar-refractivity contribution in [2.45, 2.75) is 24.7 Å². The van der Waals surface area contributed by atoms with Gasteiger partial charge in [0.2, 0.25) is 10.0 Å². The maximum absolute atomic E-state index is 12.5. The van der Waals surface area contributed by atoms with Crippen LogP contribution in [0, 0.1) is 0 Å². The molecule has 0 radical (unpaired) electrons. The fraction of sp³-hybridized carbons (Fsp3) is 0.294. The molecule has 8 heteroatoms. The van der Waals surface area contributed by atoms with Crippen LogP contribution in [0.3, 0.4) is 0 Å². The predicted molar refractivity (Wildman–Crippen MR) is 98.8 cm³/mol. The minimum absolute atomic E-state index is 0.118. The lowest BCUT2D eigenvalue weighted by Crippen LogP contribution is -2.25. The number of aryl methyl sites for hydroxylation is 1. The Labute approximate surface area is 148 Å². The quantitative estimate of drug-likeness (QED) is 0.864. The van der Waals surface area contributed by atoms with Crippen molar-refractivity contribution in [3.63, 3.8) is 0 Å². The molecule has 134 valence electrons. The van der Waals surface area contributed by atoms with Crippen molar-refractivity contribution in [3.05, 3.63) is 54.1 Å². The summed E-state index contributed by atoms with van der Waals surface area (Å²) in [6.07, 6.45) is 1.40. The lowest BCUT2D eigenvalue weighted by atomic mass is 10.2. The van der Waals surface area contributed by atoms with E-state index in [0.29, 0.717) is 24.3 Å². The number of sulfonamides is 2. The van der Waals surface area contributed by atoms with Crippen molar-refractivity contribution in [1.82, 2.24) is 0 Å². The molecule has 0 aromatic heterocycles. The van der Waals surface area contributed by atoms with E-state index >= 15 is 0 Å². The molecule has 0 spiro atoms. The summed E-state index contributed by atoms with van der Waals surface area (Å²) >= 11 is 0. The zero-order chi connectivity index (χ0) is 18.1. The van der Waals surface area contributed by atoms with Crippen molar-refractivity contribution in [2.24, 2.45) is 0 Å². The summed E-state index contributed by atoms with van der Waals surface area (Å²) in [5, 5.41) is 0. The summed E-state index contributed by atoms with van der Waals surface area (Å²) in [7, 11) is -7.03. The van der Waals surface area contributed by atoms with Gasteiger partial charge in [0.05, 0.1) is 22.0 Å². The maximum atomic E-state index is 12.5. The molecule has 0 amide bonds. The molecule has 0 atom stereocenters. The van der Waals surface area contributed by atoms with Crippen molar-refractivity contribution in [1.29, 1.82) is 0 Å². The molecule has 1 aliphatic rings. The van der Waals surface area contributed by atoms with Crippen LogP contribution in [-0.2, 0) is 26.5 Å². The van der Waals surface area contributed by atoms with Crippen molar-refractivity contribution in [3.8, 4) is 0 Å². The number of hydrogen-bond acceptors (Lipinski definition) is 4. The summed E-state index contributed by atoms with van der Waals surface area (Å²) < 4.78 is 52.9. The van der Waals surface area contributed by atoms with E-state index in [0.717, 1.165) is 12.0 Å². The highest BCUT2D eigenvalue weighted by atomic mass is 32.2. The predicted octanol–water partition coefficient (Wildman–Crippen LogP) is 2.59. The highest BCUT2D eigenvalue weighted by molar-refractivity contribution is 7.93. The van der Waals surface area contributed by atoms with Crippen LogP contribution >= 0.6 is 0 Å². The highest BCUT2D eigenvalue weighted by Crippen LogP contribution is 2.27. The summed E-state index contributed by atoms with van der Waals surface area (Å²) in [6.45, 7) is 2.41. The lowest BCUT2D eigenvalue weighted by molar-refractivity contribution is 0.598. The molecule has 1 heterocycles. The Morgan fingerprint density at radius 3 is 2.44 bits per heavy atom. The minimum Gasteiger partial charge on any atom is -0.280 e. The van der Waals surface area contributed by atoms with Gasteiger partial charge in [-0.3, -0.25) is 9.03 Å². The molecule has 2 aromatic rings. The topological polar surface area (TPSA) is 83.6 Å². The van der Waals surface area contributed by atoms with Crippen LogP contribution < -0.4 is 9.03 Å². The summed E-state index contributed by atoms with van der Waals surface area (Å²) in [5.41, 5.74) is 1.86. The number of nitrogens with one attached hydrogen (secondary N) is 1. The van der Waals surface area contributed by atoms with Crippen LogP contribution in [0.15, 0.2) is 53.4 Å². The zero-order valence-electron chi connectivity index (χ0n) is 13.8. The van der Waals surface area contributed by atoms with Crippen LogP contribution in [0.25, 0.3) is 0 Å². The SMILES string of the molecule is CCc1ccc(S(=O)(=O)Nc2cccc(N3CCCS3(=O)=O)c2)cc1. The molecule has 3 rings (SSSR count). The van der Waals surface area contributed by atoms with E-state index in [2.05, 4.69) is 4.72 Å². The second kappa shape index (κ2) is 6.68. The number of rotatable bonds is 5. The van der Waals surface area contributed by atoms with Crippen molar-refractivity contribution < 1.29 is 16.8 Å². The van der Waals surface area contributed by atoms with E-state index in [9.17, 15) is 16.8 Å². The van der Waals surface area contributed by atoms with Gasteiger partial charge in [-0.1, -0.05) is 25.1 Å². The first-order valence-corrected chi connectivity index (χ1v) is 11.1. The first-order chi connectivity index (χ1) is 11.8. The Bertz CT molecular complexity index is 968. The highest BCUT2D eigenvalue weighted by Gasteiger charge is 2.28.